The topological polar surface area (TPSA) is 69.2 Å². The quantitative estimate of drug-likeness (QED) is 0.434. The Bertz CT molecular complexity index is 680. The molecule has 0 radical (unpaired) electrons. The summed E-state index contributed by atoms with van der Waals surface area (Å²) in [5.74, 6) is 2.22. The van der Waals surface area contributed by atoms with Crippen LogP contribution in [-0.2, 0) is 4.79 Å². The molecule has 7 nitrogen and oxygen atoms in total. The number of aliphatic imine (C=N–C) groups is 1. The molecule has 1 aromatic carbocycles. The van der Waals surface area contributed by atoms with Crippen LogP contribution in [0.5, 0.6) is 5.75 Å². The Morgan fingerprint density at radius 3 is 2.52 bits per heavy atom. The second-order valence-corrected chi connectivity index (χ2v) is 7.78. The van der Waals surface area contributed by atoms with Gasteiger partial charge in [-0.05, 0) is 25.0 Å². The number of carbonyl (C=O) groups excluding carboxylic acids is 1. The number of methoxy groups -OCH3 is 1. The zero-order chi connectivity index (χ0) is 20.5. The average Bonchev–Trinajstić information content (AvgIpc) is 2.80. The predicted molar refractivity (Wildman–Crippen MR) is 118 cm³/mol. The van der Waals surface area contributed by atoms with Gasteiger partial charge in [0.2, 0.25) is 5.91 Å². The van der Waals surface area contributed by atoms with E-state index in [0.717, 1.165) is 50.7 Å². The fourth-order valence-electron chi connectivity index (χ4n) is 4.19. The third kappa shape index (κ3) is 6.02. The van der Waals surface area contributed by atoms with Crippen molar-refractivity contribution in [2.75, 3.05) is 58.3 Å². The Labute approximate surface area is 174 Å². The first-order chi connectivity index (χ1) is 14.2. The summed E-state index contributed by atoms with van der Waals surface area (Å²) in [6.45, 7) is 5.02. The minimum absolute atomic E-state index is 0.216. The van der Waals surface area contributed by atoms with E-state index in [9.17, 15) is 4.79 Å². The molecule has 1 saturated heterocycles. The SMILES string of the molecule is CN=C(NCCNC(=O)C1CCCCC1)N1CCN(c2cccc(OC)c2)CC1. The predicted octanol–water partition coefficient (Wildman–Crippen LogP) is 2.09. The van der Waals surface area contributed by atoms with Crippen molar-refractivity contribution in [1.82, 2.24) is 15.5 Å². The molecule has 1 aliphatic heterocycles. The van der Waals surface area contributed by atoms with Crippen molar-refractivity contribution in [3.8, 4) is 5.75 Å². The van der Waals surface area contributed by atoms with E-state index in [2.05, 4.69) is 37.6 Å². The summed E-state index contributed by atoms with van der Waals surface area (Å²) in [6, 6.07) is 8.21. The highest BCUT2D eigenvalue weighted by molar-refractivity contribution is 5.81. The zero-order valence-corrected chi connectivity index (χ0v) is 17.8. The Morgan fingerprint density at radius 1 is 1.10 bits per heavy atom. The van der Waals surface area contributed by atoms with Crippen LogP contribution in [0.3, 0.4) is 0 Å². The van der Waals surface area contributed by atoms with E-state index in [1.165, 1.54) is 24.9 Å². The van der Waals surface area contributed by atoms with Gasteiger partial charge in [0.05, 0.1) is 7.11 Å². The van der Waals surface area contributed by atoms with E-state index in [0.29, 0.717) is 13.1 Å². The third-order valence-corrected chi connectivity index (χ3v) is 5.89. The monoisotopic (exact) mass is 401 g/mol. The maximum atomic E-state index is 12.2. The van der Waals surface area contributed by atoms with Crippen LogP contribution in [0.2, 0.25) is 0 Å². The fourth-order valence-corrected chi connectivity index (χ4v) is 4.19. The number of benzene rings is 1. The van der Waals surface area contributed by atoms with Crippen LogP contribution in [0.15, 0.2) is 29.3 Å². The molecule has 29 heavy (non-hydrogen) atoms. The van der Waals surface area contributed by atoms with Gasteiger partial charge < -0.3 is 25.2 Å². The minimum atomic E-state index is 0.216. The Balaban J connectivity index is 1.39. The van der Waals surface area contributed by atoms with Crippen molar-refractivity contribution in [1.29, 1.82) is 0 Å². The summed E-state index contributed by atoms with van der Waals surface area (Å²) in [4.78, 5) is 21.3. The van der Waals surface area contributed by atoms with Gasteiger partial charge in [0, 0.05) is 64.0 Å². The van der Waals surface area contributed by atoms with Crippen LogP contribution in [0.1, 0.15) is 32.1 Å². The number of anilines is 1. The first-order valence-electron chi connectivity index (χ1n) is 10.8. The normalized spacial score (nSPS) is 18.5. The van der Waals surface area contributed by atoms with E-state index in [4.69, 9.17) is 4.74 Å². The van der Waals surface area contributed by atoms with E-state index in [-0.39, 0.29) is 11.8 Å². The second kappa shape index (κ2) is 10.9. The second-order valence-electron chi connectivity index (χ2n) is 7.78. The van der Waals surface area contributed by atoms with Crippen molar-refractivity contribution in [3.63, 3.8) is 0 Å². The van der Waals surface area contributed by atoms with Crippen LogP contribution in [0.25, 0.3) is 0 Å². The largest absolute Gasteiger partial charge is 0.497 e. The first-order valence-corrected chi connectivity index (χ1v) is 10.8. The van der Waals surface area contributed by atoms with Gasteiger partial charge in [0.25, 0.3) is 0 Å². The fraction of sp³-hybridized carbons (Fsp3) is 0.636. The van der Waals surface area contributed by atoms with Gasteiger partial charge in [0.1, 0.15) is 5.75 Å². The van der Waals surface area contributed by atoms with Gasteiger partial charge in [-0.15, -0.1) is 0 Å². The van der Waals surface area contributed by atoms with Gasteiger partial charge in [-0.1, -0.05) is 25.3 Å². The Hall–Kier alpha value is -2.44. The summed E-state index contributed by atoms with van der Waals surface area (Å²) in [7, 11) is 3.52. The number of rotatable bonds is 6. The van der Waals surface area contributed by atoms with E-state index < -0.39 is 0 Å². The molecule has 1 heterocycles. The molecular formula is C22H35N5O2. The van der Waals surface area contributed by atoms with Crippen molar-refractivity contribution in [2.45, 2.75) is 32.1 Å². The lowest BCUT2D eigenvalue weighted by atomic mass is 9.89. The summed E-state index contributed by atoms with van der Waals surface area (Å²) in [5, 5.41) is 6.47. The average molecular weight is 402 g/mol. The van der Waals surface area contributed by atoms with Crippen molar-refractivity contribution < 1.29 is 9.53 Å². The number of nitrogens with zero attached hydrogens (tertiary/aromatic N) is 3. The van der Waals surface area contributed by atoms with Gasteiger partial charge in [-0.2, -0.15) is 0 Å². The summed E-state index contributed by atoms with van der Waals surface area (Å²) < 4.78 is 5.34. The smallest absolute Gasteiger partial charge is 0.223 e. The van der Waals surface area contributed by atoms with Crippen molar-refractivity contribution in [2.24, 2.45) is 10.9 Å². The minimum Gasteiger partial charge on any atom is -0.497 e. The maximum absolute atomic E-state index is 12.2. The maximum Gasteiger partial charge on any atom is 0.223 e. The lowest BCUT2D eigenvalue weighted by Crippen LogP contribution is -2.53. The Morgan fingerprint density at radius 2 is 1.83 bits per heavy atom. The molecular weight excluding hydrogens is 366 g/mol. The number of carbonyl (C=O) groups is 1. The standard InChI is InChI=1S/C22H35N5O2/c1-23-22(25-12-11-24-21(28)18-7-4-3-5-8-18)27-15-13-26(14-16-27)19-9-6-10-20(17-19)29-2/h6,9-10,17-18H,3-5,7-8,11-16H2,1-2H3,(H,23,25)(H,24,28). The molecule has 0 bridgehead atoms. The highest BCUT2D eigenvalue weighted by atomic mass is 16.5. The summed E-state index contributed by atoms with van der Waals surface area (Å²) in [5.41, 5.74) is 1.19. The molecule has 0 aromatic heterocycles. The van der Waals surface area contributed by atoms with Gasteiger partial charge in [-0.25, -0.2) is 0 Å². The van der Waals surface area contributed by atoms with Crippen LogP contribution in [0.4, 0.5) is 5.69 Å². The summed E-state index contributed by atoms with van der Waals surface area (Å²) >= 11 is 0. The molecule has 1 saturated carbocycles. The van der Waals surface area contributed by atoms with Gasteiger partial charge in [-0.3, -0.25) is 9.79 Å². The van der Waals surface area contributed by atoms with E-state index in [1.54, 1.807) is 7.11 Å². The van der Waals surface area contributed by atoms with Crippen LogP contribution in [0, 0.1) is 5.92 Å². The zero-order valence-electron chi connectivity index (χ0n) is 17.8. The molecule has 1 aliphatic carbocycles. The van der Waals surface area contributed by atoms with Crippen molar-refractivity contribution in [3.05, 3.63) is 24.3 Å². The summed E-state index contributed by atoms with van der Waals surface area (Å²) in [6.07, 6.45) is 5.72. The number of guanidine groups is 1. The number of hydrogen-bond acceptors (Lipinski definition) is 4. The molecule has 2 N–H and O–H groups in total. The molecule has 7 heteroatoms. The molecule has 2 aliphatic rings. The lowest BCUT2D eigenvalue weighted by Gasteiger charge is -2.37. The first kappa shape index (κ1) is 21.3. The van der Waals surface area contributed by atoms with Crippen molar-refractivity contribution >= 4 is 17.6 Å². The Kier molecular flexibility index (Phi) is 8.02. The van der Waals surface area contributed by atoms with E-state index >= 15 is 0 Å². The molecule has 0 spiro atoms. The molecule has 3 rings (SSSR count). The molecule has 1 amide bonds. The van der Waals surface area contributed by atoms with Gasteiger partial charge in [0.15, 0.2) is 5.96 Å². The molecule has 2 fully saturated rings. The van der Waals surface area contributed by atoms with E-state index in [1.807, 2.05) is 19.2 Å². The number of amides is 1. The van der Waals surface area contributed by atoms with Crippen LogP contribution >= 0.6 is 0 Å². The number of nitrogens with one attached hydrogen (secondary N) is 2. The molecule has 1 aromatic rings. The highest BCUT2D eigenvalue weighted by Crippen LogP contribution is 2.23. The molecule has 160 valence electrons. The highest BCUT2D eigenvalue weighted by Gasteiger charge is 2.21. The van der Waals surface area contributed by atoms with Crippen LogP contribution in [-0.4, -0.2) is 70.2 Å². The number of ether oxygens (including phenoxy) is 1. The van der Waals surface area contributed by atoms with Gasteiger partial charge >= 0.3 is 0 Å². The number of hydrogen-bond donors (Lipinski definition) is 2. The third-order valence-electron chi connectivity index (χ3n) is 5.89. The molecule has 0 unspecified atom stereocenters. The van der Waals surface area contributed by atoms with Crippen LogP contribution < -0.4 is 20.3 Å². The molecule has 0 atom stereocenters. The lowest BCUT2D eigenvalue weighted by molar-refractivity contribution is -0.125. The number of piperazine rings is 1.